The van der Waals surface area contributed by atoms with Crippen molar-refractivity contribution in [2.24, 2.45) is 7.05 Å². The fraction of sp³-hybridized carbons (Fsp3) is 0.538. The van der Waals surface area contributed by atoms with Gasteiger partial charge in [0.25, 0.3) is 0 Å². The van der Waals surface area contributed by atoms with E-state index in [2.05, 4.69) is 54.4 Å². The van der Waals surface area contributed by atoms with Crippen LogP contribution in [0.5, 0.6) is 0 Å². The monoisotopic (exact) mass is 554 g/mol. The number of anilines is 2. The van der Waals surface area contributed by atoms with Gasteiger partial charge in [0.1, 0.15) is 0 Å². The zero-order valence-electron chi connectivity index (χ0n) is 20.6. The normalized spacial score (nSPS) is 11.6. The Kier molecular flexibility index (Phi) is 10.2. The van der Waals surface area contributed by atoms with E-state index in [0.717, 1.165) is 17.2 Å². The summed E-state index contributed by atoms with van der Waals surface area (Å²) in [5.74, 6) is 1.28. The van der Waals surface area contributed by atoms with Crippen molar-refractivity contribution in [2.45, 2.75) is 82.0 Å². The summed E-state index contributed by atoms with van der Waals surface area (Å²) in [7, 11) is 1.89. The average Bonchev–Trinajstić information content (AvgIpc) is 3.24. The Morgan fingerprint density at radius 2 is 1.55 bits per heavy atom. The summed E-state index contributed by atoms with van der Waals surface area (Å²) >= 11 is -0.881. The molecule has 0 atom stereocenters. The third-order valence-corrected chi connectivity index (χ3v) is 11.2. The van der Waals surface area contributed by atoms with Crippen LogP contribution in [0.15, 0.2) is 42.7 Å². The molecule has 0 unspecified atom stereocenters. The number of rotatable bonds is 14. The topological polar surface area (TPSA) is 68.5 Å². The van der Waals surface area contributed by atoms with Gasteiger partial charge in [0.15, 0.2) is 0 Å². The molecule has 0 aliphatic rings. The van der Waals surface area contributed by atoms with E-state index in [4.69, 9.17) is 9.97 Å². The Morgan fingerprint density at radius 3 is 2.15 bits per heavy atom. The first-order valence-corrected chi connectivity index (χ1v) is 15.3. The summed E-state index contributed by atoms with van der Waals surface area (Å²) in [6.07, 6.45) is 15.6. The summed E-state index contributed by atoms with van der Waals surface area (Å²) in [6.45, 7) is 6.96. The maximum atomic E-state index is 5.14. The van der Waals surface area contributed by atoms with Crippen LogP contribution in [0.3, 0.4) is 0 Å². The molecule has 0 aliphatic carbocycles. The van der Waals surface area contributed by atoms with Crippen LogP contribution in [0.25, 0.3) is 11.4 Å². The predicted molar refractivity (Wildman–Crippen MR) is 138 cm³/mol. The first-order chi connectivity index (χ1) is 16.1. The van der Waals surface area contributed by atoms with Gasteiger partial charge in [0.2, 0.25) is 0 Å². The summed E-state index contributed by atoms with van der Waals surface area (Å²) in [6, 6.07) is 10.4. The van der Waals surface area contributed by atoms with Crippen molar-refractivity contribution in [1.29, 1.82) is 0 Å². The molecule has 1 N–H and O–H groups in total. The van der Waals surface area contributed by atoms with Crippen LogP contribution in [-0.2, 0) is 7.05 Å². The van der Waals surface area contributed by atoms with Gasteiger partial charge in [0, 0.05) is 0 Å². The van der Waals surface area contributed by atoms with Gasteiger partial charge in [0.05, 0.1) is 0 Å². The number of nitrogens with zero attached hydrogens (tertiary/aromatic N) is 5. The molecule has 6 nitrogen and oxygen atoms in total. The van der Waals surface area contributed by atoms with Gasteiger partial charge >= 0.3 is 210 Å². The molecule has 0 saturated heterocycles. The predicted octanol–water partition coefficient (Wildman–Crippen LogP) is 6.07. The summed E-state index contributed by atoms with van der Waals surface area (Å²) in [4.78, 5) is 14.2. The molecule has 3 heterocycles. The van der Waals surface area contributed by atoms with Crippen molar-refractivity contribution in [3.8, 4) is 11.4 Å². The van der Waals surface area contributed by atoms with Crippen molar-refractivity contribution in [3.05, 3.63) is 42.7 Å². The van der Waals surface area contributed by atoms with E-state index in [1.54, 1.807) is 10.9 Å². The fourth-order valence-corrected chi connectivity index (χ4v) is 9.34. The molecule has 7 heteroatoms. The van der Waals surface area contributed by atoms with E-state index in [1.807, 2.05) is 25.4 Å². The van der Waals surface area contributed by atoms with Crippen molar-refractivity contribution >= 4 is 36.6 Å². The summed E-state index contributed by atoms with van der Waals surface area (Å²) in [5, 5.41) is 7.54. The van der Waals surface area contributed by atoms with E-state index in [-0.39, 0.29) is 0 Å². The molecule has 0 saturated carbocycles. The number of unbranched alkanes of at least 4 members (excludes halogenated alkanes) is 3. The average molecular weight is 553 g/mol. The third-order valence-electron chi connectivity index (χ3n) is 6.04. The Balaban J connectivity index is 1.82. The standard InChI is InChI=1S/C13H11N6.C13H27.Sn/c1-19-9-6-12(18-19)17-13-15-8-5-11(16-13)10-4-2-3-7-14-10;1-4-7-10-13(11-8-5-2)12-9-6-3;/h2-6,8-9H,1H3,(H,15,16,17,18);4-12H2,1-3H3;. The molecular formula is C26H38N6Sn. The number of pyridine rings is 1. The van der Waals surface area contributed by atoms with Gasteiger partial charge < -0.3 is 0 Å². The Morgan fingerprint density at radius 1 is 0.879 bits per heavy atom. The number of aromatic nitrogens is 5. The first-order valence-electron chi connectivity index (χ1n) is 12.4. The summed E-state index contributed by atoms with van der Waals surface area (Å²) < 4.78 is 3.62. The zero-order valence-corrected chi connectivity index (χ0v) is 23.5. The molecule has 0 bridgehead atoms. The van der Waals surface area contributed by atoms with Crippen LogP contribution in [0.2, 0.25) is 3.43 Å². The third kappa shape index (κ3) is 7.80. The zero-order chi connectivity index (χ0) is 23.5. The van der Waals surface area contributed by atoms with Crippen molar-refractivity contribution in [2.75, 3.05) is 5.32 Å². The molecule has 2 radical (unpaired) electrons. The van der Waals surface area contributed by atoms with Crippen LogP contribution in [0.1, 0.15) is 78.6 Å². The first kappa shape index (κ1) is 25.7. The van der Waals surface area contributed by atoms with Crippen molar-refractivity contribution in [1.82, 2.24) is 24.7 Å². The van der Waals surface area contributed by atoms with Gasteiger partial charge in [-0.25, -0.2) is 0 Å². The van der Waals surface area contributed by atoms with Crippen LogP contribution < -0.4 is 9.03 Å². The van der Waals surface area contributed by atoms with Gasteiger partial charge in [-0.05, 0) is 0 Å². The summed E-state index contributed by atoms with van der Waals surface area (Å²) in [5.41, 5.74) is 1.79. The van der Waals surface area contributed by atoms with Crippen LogP contribution in [0.4, 0.5) is 11.8 Å². The van der Waals surface area contributed by atoms with E-state index < -0.39 is 21.1 Å². The maximum absolute atomic E-state index is 5.14. The Bertz CT molecular complexity index is 964. The van der Waals surface area contributed by atoms with E-state index in [0.29, 0.717) is 9.38 Å². The van der Waals surface area contributed by atoms with Crippen LogP contribution in [-0.4, -0.2) is 45.9 Å². The number of aryl methyl sites for hydroxylation is 1. The van der Waals surface area contributed by atoms with Gasteiger partial charge in [-0.15, -0.1) is 0 Å². The van der Waals surface area contributed by atoms with Gasteiger partial charge in [-0.3, -0.25) is 0 Å². The minimum atomic E-state index is -0.881. The Labute approximate surface area is 209 Å². The minimum absolute atomic E-state index is 0.522. The van der Waals surface area contributed by atoms with Gasteiger partial charge in [-0.2, -0.15) is 0 Å². The molecule has 33 heavy (non-hydrogen) atoms. The van der Waals surface area contributed by atoms with E-state index in [1.165, 1.54) is 61.5 Å². The fourth-order valence-electron chi connectivity index (χ4n) is 4.18. The molecule has 0 spiro atoms. The quantitative estimate of drug-likeness (QED) is 0.246. The second-order valence-corrected chi connectivity index (χ2v) is 14.1. The molecule has 0 aliphatic heterocycles. The molecular weight excluding hydrogens is 515 g/mol. The van der Waals surface area contributed by atoms with Crippen LogP contribution >= 0.6 is 0 Å². The van der Waals surface area contributed by atoms with Crippen molar-refractivity contribution in [3.63, 3.8) is 0 Å². The number of hydrogen-bond acceptors (Lipinski definition) is 5. The van der Waals surface area contributed by atoms with Gasteiger partial charge in [-0.1, -0.05) is 0 Å². The molecule has 3 rings (SSSR count). The molecule has 3 aromatic heterocycles. The van der Waals surface area contributed by atoms with Crippen molar-refractivity contribution < 1.29 is 0 Å². The van der Waals surface area contributed by atoms with Crippen LogP contribution in [0, 0.1) is 0 Å². The molecule has 3 aromatic rings. The molecule has 0 fully saturated rings. The number of hydrogen-bond donors (Lipinski definition) is 1. The second kappa shape index (κ2) is 13.1. The molecule has 0 amide bonds. The van der Waals surface area contributed by atoms with E-state index in [9.17, 15) is 0 Å². The molecule has 0 aromatic carbocycles. The SMILES string of the molecule is CCCC[C](CCCC)(CCCC)[Sn][c]1cccc(-c2ccnc(Nc3ccn(C)n3)n2)n1. The second-order valence-electron chi connectivity index (χ2n) is 8.89. The number of nitrogens with one attached hydrogen (secondary N) is 1. The molecule has 176 valence electrons. The van der Waals surface area contributed by atoms with E-state index >= 15 is 0 Å². The Hall–Kier alpha value is -1.96.